The number of nitrogens with zero attached hydrogens (tertiary/aromatic N) is 1. The molecule has 1 aliphatic rings. The third kappa shape index (κ3) is 5.04. The van der Waals surface area contributed by atoms with Gasteiger partial charge in [-0.2, -0.15) is 0 Å². The van der Waals surface area contributed by atoms with Gasteiger partial charge >= 0.3 is 0 Å². The van der Waals surface area contributed by atoms with Gasteiger partial charge in [0.1, 0.15) is 5.75 Å². The molecule has 0 bridgehead atoms. The Bertz CT molecular complexity index is 1220. The van der Waals surface area contributed by atoms with E-state index in [1.54, 1.807) is 62.5 Å². The van der Waals surface area contributed by atoms with Gasteiger partial charge in [-0.05, 0) is 48.4 Å². The van der Waals surface area contributed by atoms with E-state index < -0.39 is 6.10 Å². The second kappa shape index (κ2) is 10.1. The topological polar surface area (TPSA) is 77.1 Å². The number of anilines is 2. The second-order valence-electron chi connectivity index (χ2n) is 7.79. The molecule has 34 heavy (non-hydrogen) atoms. The highest BCUT2D eigenvalue weighted by atomic mass is 16.5. The third-order valence-electron chi connectivity index (χ3n) is 5.45. The number of fused-ring (bicyclic) bond motifs is 1. The fraction of sp³-hybridized carbons (Fsp3) is 0.185. The van der Waals surface area contributed by atoms with Gasteiger partial charge in [0, 0.05) is 17.8 Å². The minimum Gasteiger partial charge on any atom is -0.493 e. The van der Waals surface area contributed by atoms with Gasteiger partial charge in [-0.15, -0.1) is 0 Å². The molecule has 0 saturated heterocycles. The van der Waals surface area contributed by atoms with Crippen molar-refractivity contribution in [3.8, 4) is 17.2 Å². The van der Waals surface area contributed by atoms with Crippen LogP contribution in [-0.4, -0.2) is 32.1 Å². The molecule has 0 radical (unpaired) electrons. The summed E-state index contributed by atoms with van der Waals surface area (Å²) in [4.78, 5) is 27.0. The number of amides is 2. The Labute approximate surface area is 198 Å². The summed E-state index contributed by atoms with van der Waals surface area (Å²) >= 11 is 0. The molecule has 1 atom stereocenters. The van der Waals surface area contributed by atoms with Crippen molar-refractivity contribution in [1.29, 1.82) is 0 Å². The van der Waals surface area contributed by atoms with Crippen LogP contribution in [0.3, 0.4) is 0 Å². The van der Waals surface area contributed by atoms with E-state index in [1.165, 1.54) is 6.08 Å². The van der Waals surface area contributed by atoms with Gasteiger partial charge < -0.3 is 24.4 Å². The first-order valence-corrected chi connectivity index (χ1v) is 10.9. The van der Waals surface area contributed by atoms with E-state index in [2.05, 4.69) is 5.32 Å². The molecule has 0 saturated carbocycles. The number of carbonyl (C=O) groups is 2. The molecular weight excluding hydrogens is 432 g/mol. The minimum absolute atomic E-state index is 0.106. The SMILES string of the molecule is COc1ccc(/C=C/C(=O)Nc2ccc3c(c2)OC(C)C(=O)N3Cc2ccccc2)cc1OC. The van der Waals surface area contributed by atoms with E-state index in [0.717, 1.165) is 11.1 Å². The van der Waals surface area contributed by atoms with Crippen LogP contribution in [-0.2, 0) is 16.1 Å². The van der Waals surface area contributed by atoms with Crippen LogP contribution < -0.4 is 24.4 Å². The molecule has 0 aromatic heterocycles. The van der Waals surface area contributed by atoms with Crippen LogP contribution >= 0.6 is 0 Å². The predicted molar refractivity (Wildman–Crippen MR) is 131 cm³/mol. The zero-order valence-corrected chi connectivity index (χ0v) is 19.3. The number of methoxy groups -OCH3 is 2. The summed E-state index contributed by atoms with van der Waals surface area (Å²) in [5.41, 5.74) is 3.06. The molecule has 1 aliphatic heterocycles. The highest BCUT2D eigenvalue weighted by Gasteiger charge is 2.31. The Hall–Kier alpha value is -4.26. The van der Waals surface area contributed by atoms with Crippen LogP contribution in [0.4, 0.5) is 11.4 Å². The van der Waals surface area contributed by atoms with Crippen LogP contribution in [0.2, 0.25) is 0 Å². The van der Waals surface area contributed by atoms with E-state index in [4.69, 9.17) is 14.2 Å². The lowest BCUT2D eigenvalue weighted by Gasteiger charge is -2.33. The van der Waals surface area contributed by atoms with Crippen LogP contribution in [0.1, 0.15) is 18.1 Å². The second-order valence-corrected chi connectivity index (χ2v) is 7.79. The average Bonchev–Trinajstić information content (AvgIpc) is 2.86. The Morgan fingerprint density at radius 1 is 1.03 bits per heavy atom. The molecule has 1 unspecified atom stereocenters. The van der Waals surface area contributed by atoms with Crippen molar-refractivity contribution in [1.82, 2.24) is 0 Å². The minimum atomic E-state index is -0.618. The van der Waals surface area contributed by atoms with E-state index in [9.17, 15) is 9.59 Å². The fourth-order valence-corrected chi connectivity index (χ4v) is 3.73. The maximum atomic E-state index is 12.8. The van der Waals surface area contributed by atoms with Gasteiger partial charge in [0.05, 0.1) is 26.5 Å². The molecule has 1 N–H and O–H groups in total. The Morgan fingerprint density at radius 2 is 1.79 bits per heavy atom. The van der Waals surface area contributed by atoms with Crippen molar-refractivity contribution in [2.75, 3.05) is 24.4 Å². The van der Waals surface area contributed by atoms with Gasteiger partial charge in [-0.1, -0.05) is 36.4 Å². The molecule has 7 nitrogen and oxygen atoms in total. The Balaban J connectivity index is 1.49. The summed E-state index contributed by atoms with van der Waals surface area (Å²) in [5.74, 6) is 1.35. The van der Waals surface area contributed by atoms with Crippen molar-refractivity contribution >= 4 is 29.3 Å². The zero-order valence-electron chi connectivity index (χ0n) is 19.3. The monoisotopic (exact) mass is 458 g/mol. The van der Waals surface area contributed by atoms with Crippen molar-refractivity contribution in [3.63, 3.8) is 0 Å². The first-order chi connectivity index (χ1) is 16.5. The number of ether oxygens (including phenoxy) is 3. The summed E-state index contributed by atoms with van der Waals surface area (Å²) in [6, 6.07) is 20.5. The van der Waals surface area contributed by atoms with E-state index >= 15 is 0 Å². The Kier molecular flexibility index (Phi) is 6.82. The molecule has 7 heteroatoms. The third-order valence-corrected chi connectivity index (χ3v) is 5.45. The van der Waals surface area contributed by atoms with Crippen molar-refractivity contribution < 1.29 is 23.8 Å². The van der Waals surface area contributed by atoms with Gasteiger partial charge in [0.15, 0.2) is 17.6 Å². The van der Waals surface area contributed by atoms with Crippen molar-refractivity contribution in [2.45, 2.75) is 19.6 Å². The van der Waals surface area contributed by atoms with E-state index in [-0.39, 0.29) is 11.8 Å². The van der Waals surface area contributed by atoms with Gasteiger partial charge in [0.2, 0.25) is 5.91 Å². The zero-order chi connectivity index (χ0) is 24.1. The lowest BCUT2D eigenvalue weighted by atomic mass is 10.1. The summed E-state index contributed by atoms with van der Waals surface area (Å²) in [7, 11) is 3.13. The molecular formula is C27H26N2O5. The van der Waals surface area contributed by atoms with Crippen LogP contribution in [0, 0.1) is 0 Å². The molecule has 0 spiro atoms. The number of hydrogen-bond acceptors (Lipinski definition) is 5. The van der Waals surface area contributed by atoms with Gasteiger partial charge in [-0.25, -0.2) is 0 Å². The van der Waals surface area contributed by atoms with E-state index in [1.807, 2.05) is 36.4 Å². The summed E-state index contributed by atoms with van der Waals surface area (Å²) in [5, 5.41) is 2.84. The normalized spacial score (nSPS) is 15.0. The summed E-state index contributed by atoms with van der Waals surface area (Å²) in [6.07, 6.45) is 2.51. The molecule has 4 rings (SSSR count). The number of rotatable bonds is 7. The maximum Gasteiger partial charge on any atom is 0.268 e. The number of benzene rings is 3. The standard InChI is InChI=1S/C27H26N2O5/c1-18-27(31)29(17-20-7-5-4-6-8-20)22-12-11-21(16-24(22)34-18)28-26(30)14-10-19-9-13-23(32-2)25(15-19)33-3/h4-16,18H,17H2,1-3H3,(H,28,30)/b14-10+. The first kappa shape index (κ1) is 22.9. The average molecular weight is 459 g/mol. The number of carbonyl (C=O) groups excluding carboxylic acids is 2. The Morgan fingerprint density at radius 3 is 2.53 bits per heavy atom. The van der Waals surface area contributed by atoms with Crippen molar-refractivity contribution in [2.24, 2.45) is 0 Å². The van der Waals surface area contributed by atoms with Crippen molar-refractivity contribution in [3.05, 3.63) is 83.9 Å². The summed E-state index contributed by atoms with van der Waals surface area (Å²) in [6.45, 7) is 2.17. The first-order valence-electron chi connectivity index (χ1n) is 10.9. The molecule has 0 aliphatic carbocycles. The highest BCUT2D eigenvalue weighted by molar-refractivity contribution is 6.03. The highest BCUT2D eigenvalue weighted by Crippen LogP contribution is 2.37. The van der Waals surface area contributed by atoms with Crippen LogP contribution in [0.25, 0.3) is 6.08 Å². The predicted octanol–water partition coefficient (Wildman–Crippen LogP) is 4.67. The summed E-state index contributed by atoms with van der Waals surface area (Å²) < 4.78 is 16.3. The molecule has 0 fully saturated rings. The smallest absolute Gasteiger partial charge is 0.268 e. The lowest BCUT2D eigenvalue weighted by Crippen LogP contribution is -2.44. The quantitative estimate of drug-likeness (QED) is 0.521. The molecule has 3 aromatic carbocycles. The molecule has 3 aromatic rings. The molecule has 2 amide bonds. The number of hydrogen-bond donors (Lipinski definition) is 1. The van der Waals surface area contributed by atoms with Gasteiger partial charge in [0.25, 0.3) is 5.91 Å². The maximum absolute atomic E-state index is 12.8. The van der Waals surface area contributed by atoms with Crippen LogP contribution in [0.15, 0.2) is 72.8 Å². The fourth-order valence-electron chi connectivity index (χ4n) is 3.73. The number of nitrogens with one attached hydrogen (secondary N) is 1. The lowest BCUT2D eigenvalue weighted by molar-refractivity contribution is -0.125. The van der Waals surface area contributed by atoms with Gasteiger partial charge in [-0.3, -0.25) is 9.59 Å². The van der Waals surface area contributed by atoms with E-state index in [0.29, 0.717) is 35.2 Å². The van der Waals surface area contributed by atoms with Crippen LogP contribution in [0.5, 0.6) is 17.2 Å². The molecule has 174 valence electrons. The largest absolute Gasteiger partial charge is 0.493 e. The molecule has 1 heterocycles.